The van der Waals surface area contributed by atoms with Crippen LogP contribution in [0, 0.1) is 0 Å². The zero-order chi connectivity index (χ0) is 16.3. The van der Waals surface area contributed by atoms with Crippen molar-refractivity contribution in [1.82, 2.24) is 9.71 Å². The molecular weight excluding hydrogens is 316 g/mol. The maximum atomic E-state index is 12.1. The molecule has 1 saturated heterocycles. The summed E-state index contributed by atoms with van der Waals surface area (Å²) in [5.74, 6) is -0.683. The van der Waals surface area contributed by atoms with Crippen molar-refractivity contribution < 1.29 is 17.9 Å². The van der Waals surface area contributed by atoms with Gasteiger partial charge in [0.2, 0.25) is 15.9 Å². The fourth-order valence-electron chi connectivity index (χ4n) is 2.89. The molecule has 124 valence electrons. The number of para-hydroxylation sites is 1. The van der Waals surface area contributed by atoms with Crippen molar-refractivity contribution in [2.75, 3.05) is 12.4 Å². The number of H-pyrrole nitrogens is 1. The standard InChI is InChI=1S/C16H20N2O4S/c19-16(9-12-10-17-15-7-2-1-6-14(12)15)18-23(20,21)11-13-5-3-4-8-22-13/h1-2,6-7,10,13,17H,3-5,8-9,11H2,(H,18,19). The molecule has 1 amide bonds. The van der Waals surface area contributed by atoms with E-state index in [1.807, 2.05) is 24.3 Å². The predicted molar refractivity (Wildman–Crippen MR) is 87.5 cm³/mol. The molecule has 1 fully saturated rings. The molecule has 1 aromatic carbocycles. The number of aromatic nitrogens is 1. The van der Waals surface area contributed by atoms with Crippen LogP contribution in [0.15, 0.2) is 30.5 Å². The van der Waals surface area contributed by atoms with Crippen LogP contribution in [-0.2, 0) is 26.0 Å². The number of hydrogen-bond acceptors (Lipinski definition) is 4. The van der Waals surface area contributed by atoms with Gasteiger partial charge in [-0.1, -0.05) is 18.2 Å². The highest BCUT2D eigenvalue weighted by atomic mass is 32.2. The lowest BCUT2D eigenvalue weighted by atomic mass is 10.1. The molecule has 0 spiro atoms. The monoisotopic (exact) mass is 336 g/mol. The van der Waals surface area contributed by atoms with E-state index in [1.54, 1.807) is 6.20 Å². The van der Waals surface area contributed by atoms with Crippen LogP contribution in [0.4, 0.5) is 0 Å². The van der Waals surface area contributed by atoms with Crippen molar-refractivity contribution in [3.63, 3.8) is 0 Å². The highest BCUT2D eigenvalue weighted by molar-refractivity contribution is 7.90. The normalized spacial score (nSPS) is 18.9. The van der Waals surface area contributed by atoms with Crippen molar-refractivity contribution in [3.8, 4) is 0 Å². The van der Waals surface area contributed by atoms with E-state index in [1.165, 1.54) is 0 Å². The third-order valence-electron chi connectivity index (χ3n) is 3.97. The minimum atomic E-state index is -3.67. The Morgan fingerprint density at radius 3 is 2.91 bits per heavy atom. The summed E-state index contributed by atoms with van der Waals surface area (Å²) in [6, 6.07) is 7.60. The number of ether oxygens (including phenoxy) is 1. The largest absolute Gasteiger partial charge is 0.377 e. The smallest absolute Gasteiger partial charge is 0.237 e. The van der Waals surface area contributed by atoms with Crippen LogP contribution >= 0.6 is 0 Å². The van der Waals surface area contributed by atoms with E-state index in [4.69, 9.17) is 4.74 Å². The van der Waals surface area contributed by atoms with E-state index in [0.717, 1.165) is 35.7 Å². The van der Waals surface area contributed by atoms with Crippen molar-refractivity contribution in [2.45, 2.75) is 31.8 Å². The number of rotatable bonds is 5. The number of carbonyl (C=O) groups excluding carboxylic acids is 1. The number of nitrogens with one attached hydrogen (secondary N) is 2. The first kappa shape index (κ1) is 16.0. The van der Waals surface area contributed by atoms with Crippen LogP contribution in [0.2, 0.25) is 0 Å². The number of sulfonamides is 1. The van der Waals surface area contributed by atoms with Gasteiger partial charge in [0.15, 0.2) is 0 Å². The molecular formula is C16H20N2O4S. The van der Waals surface area contributed by atoms with Crippen LogP contribution in [0.5, 0.6) is 0 Å². The topological polar surface area (TPSA) is 88.3 Å². The maximum Gasteiger partial charge on any atom is 0.237 e. The first-order valence-corrected chi connectivity index (χ1v) is 9.39. The lowest BCUT2D eigenvalue weighted by Crippen LogP contribution is -2.38. The van der Waals surface area contributed by atoms with E-state index in [2.05, 4.69) is 9.71 Å². The van der Waals surface area contributed by atoms with E-state index in [9.17, 15) is 13.2 Å². The Labute approximate surface area is 135 Å². The quantitative estimate of drug-likeness (QED) is 0.870. The van der Waals surface area contributed by atoms with Crippen LogP contribution in [-0.4, -0.2) is 37.8 Å². The molecule has 3 rings (SSSR count). The molecule has 0 bridgehead atoms. The minimum Gasteiger partial charge on any atom is -0.377 e. The Balaban J connectivity index is 1.62. The second-order valence-corrected chi connectivity index (χ2v) is 7.60. The number of carbonyl (C=O) groups is 1. The highest BCUT2D eigenvalue weighted by Crippen LogP contribution is 2.18. The van der Waals surface area contributed by atoms with E-state index in [0.29, 0.717) is 6.61 Å². The van der Waals surface area contributed by atoms with E-state index in [-0.39, 0.29) is 18.3 Å². The Morgan fingerprint density at radius 1 is 1.30 bits per heavy atom. The fraction of sp³-hybridized carbons (Fsp3) is 0.438. The minimum absolute atomic E-state index is 0.0226. The van der Waals surface area contributed by atoms with Crippen LogP contribution in [0.3, 0.4) is 0 Å². The molecule has 0 radical (unpaired) electrons. The van der Waals surface area contributed by atoms with Crippen molar-refractivity contribution in [1.29, 1.82) is 0 Å². The Morgan fingerprint density at radius 2 is 2.13 bits per heavy atom. The van der Waals surface area contributed by atoms with Crippen molar-refractivity contribution in [3.05, 3.63) is 36.0 Å². The van der Waals surface area contributed by atoms with Gasteiger partial charge in [-0.25, -0.2) is 8.42 Å². The van der Waals surface area contributed by atoms with Crippen LogP contribution < -0.4 is 4.72 Å². The highest BCUT2D eigenvalue weighted by Gasteiger charge is 2.24. The zero-order valence-electron chi connectivity index (χ0n) is 12.7. The molecule has 1 unspecified atom stereocenters. The molecule has 6 nitrogen and oxygen atoms in total. The number of benzene rings is 1. The second kappa shape index (κ2) is 6.72. The van der Waals surface area contributed by atoms with Gasteiger partial charge in [0.25, 0.3) is 0 Å². The van der Waals surface area contributed by atoms with Gasteiger partial charge in [0.05, 0.1) is 18.3 Å². The average Bonchev–Trinajstić information content (AvgIpc) is 2.90. The second-order valence-electron chi connectivity index (χ2n) is 5.83. The lowest BCUT2D eigenvalue weighted by Gasteiger charge is -2.22. The number of fused-ring (bicyclic) bond motifs is 1. The molecule has 0 aliphatic carbocycles. The number of hydrogen-bond donors (Lipinski definition) is 2. The Hall–Kier alpha value is -1.86. The van der Waals surface area contributed by atoms with Gasteiger partial charge in [-0.2, -0.15) is 0 Å². The van der Waals surface area contributed by atoms with E-state index < -0.39 is 15.9 Å². The summed E-state index contributed by atoms with van der Waals surface area (Å²) in [6.45, 7) is 0.587. The van der Waals surface area contributed by atoms with Crippen LogP contribution in [0.1, 0.15) is 24.8 Å². The molecule has 2 aromatic rings. The lowest BCUT2D eigenvalue weighted by molar-refractivity contribution is -0.118. The summed E-state index contributed by atoms with van der Waals surface area (Å²) in [5, 5.41) is 0.927. The molecule has 2 heterocycles. The number of aromatic amines is 1. The molecule has 1 atom stereocenters. The summed E-state index contributed by atoms with van der Waals surface area (Å²) < 4.78 is 31.7. The van der Waals surface area contributed by atoms with Gasteiger partial charge in [0, 0.05) is 23.7 Å². The third kappa shape index (κ3) is 4.11. The van der Waals surface area contributed by atoms with E-state index >= 15 is 0 Å². The summed E-state index contributed by atoms with van der Waals surface area (Å²) in [6.07, 6.45) is 4.09. The first-order chi connectivity index (χ1) is 11.0. The van der Waals surface area contributed by atoms with Gasteiger partial charge in [-0.05, 0) is 30.9 Å². The summed E-state index contributed by atoms with van der Waals surface area (Å²) in [5.41, 5.74) is 1.70. The molecule has 7 heteroatoms. The Kier molecular flexibility index (Phi) is 4.68. The number of amides is 1. The van der Waals surface area contributed by atoms with Gasteiger partial charge in [-0.15, -0.1) is 0 Å². The fourth-order valence-corrected chi connectivity index (χ4v) is 4.14. The first-order valence-electron chi connectivity index (χ1n) is 7.73. The third-order valence-corrected chi connectivity index (χ3v) is 5.32. The molecule has 2 N–H and O–H groups in total. The van der Waals surface area contributed by atoms with Gasteiger partial charge >= 0.3 is 0 Å². The van der Waals surface area contributed by atoms with Crippen molar-refractivity contribution in [2.24, 2.45) is 0 Å². The van der Waals surface area contributed by atoms with Gasteiger partial charge in [0.1, 0.15) is 0 Å². The SMILES string of the molecule is O=C(Cc1c[nH]c2ccccc12)NS(=O)(=O)CC1CCCCO1. The summed E-state index contributed by atoms with van der Waals surface area (Å²) >= 11 is 0. The molecule has 23 heavy (non-hydrogen) atoms. The Bertz CT molecular complexity index is 791. The molecule has 1 aliphatic heterocycles. The van der Waals surface area contributed by atoms with Gasteiger partial charge < -0.3 is 9.72 Å². The molecule has 0 saturated carbocycles. The zero-order valence-corrected chi connectivity index (χ0v) is 13.6. The molecule has 1 aliphatic rings. The van der Waals surface area contributed by atoms with Gasteiger partial charge in [-0.3, -0.25) is 9.52 Å². The van der Waals surface area contributed by atoms with Crippen LogP contribution in [0.25, 0.3) is 10.9 Å². The summed E-state index contributed by atoms with van der Waals surface area (Å²) in [4.78, 5) is 15.1. The van der Waals surface area contributed by atoms with Crippen molar-refractivity contribution >= 4 is 26.8 Å². The molecule has 1 aromatic heterocycles. The average molecular weight is 336 g/mol. The maximum absolute atomic E-state index is 12.1. The predicted octanol–water partition coefficient (Wildman–Crippen LogP) is 1.73. The summed E-state index contributed by atoms with van der Waals surface area (Å²) in [7, 11) is -3.67.